The summed E-state index contributed by atoms with van der Waals surface area (Å²) in [6.45, 7) is 12.8. The van der Waals surface area contributed by atoms with Gasteiger partial charge >= 0.3 is 37.7 Å². The summed E-state index contributed by atoms with van der Waals surface area (Å²) in [5.74, 6) is 0.439. The van der Waals surface area contributed by atoms with Gasteiger partial charge in [-0.05, 0) is 71.9 Å². The molecule has 2 aromatic carbocycles. The van der Waals surface area contributed by atoms with Crippen LogP contribution in [0.25, 0.3) is 0 Å². The molecule has 0 bridgehead atoms. The van der Waals surface area contributed by atoms with Crippen molar-refractivity contribution in [3.8, 4) is 0 Å². The smallest absolute Gasteiger partial charge is 0.744 e. The third-order valence-corrected chi connectivity index (χ3v) is 15.5. The van der Waals surface area contributed by atoms with Gasteiger partial charge in [0.2, 0.25) is 0 Å². The minimum Gasteiger partial charge on any atom is -0.744 e. The number of benzene rings is 2. The van der Waals surface area contributed by atoms with E-state index in [9.17, 15) is 25.9 Å². The third kappa shape index (κ3) is 34.5. The zero-order valence-electron chi connectivity index (χ0n) is 44.5. The van der Waals surface area contributed by atoms with Crippen LogP contribution in [0.4, 0.5) is 0 Å². The predicted molar refractivity (Wildman–Crippen MR) is 288 cm³/mol. The van der Waals surface area contributed by atoms with Crippen LogP contribution in [-0.2, 0) is 33.1 Å². The first-order valence-electron chi connectivity index (χ1n) is 27.9. The van der Waals surface area contributed by atoms with Crippen LogP contribution in [0.15, 0.2) is 46.2 Å². The Hall–Kier alpha value is -0.480. The quantitative estimate of drug-likeness (QED) is 0.0372. The van der Waals surface area contributed by atoms with Crippen LogP contribution < -0.4 is 0 Å². The summed E-state index contributed by atoms with van der Waals surface area (Å²) in [4.78, 5) is -0.0265. The van der Waals surface area contributed by atoms with Crippen LogP contribution in [0.5, 0.6) is 0 Å². The van der Waals surface area contributed by atoms with E-state index in [2.05, 4.69) is 41.5 Å². The molecule has 0 N–H and O–H groups in total. The maximum atomic E-state index is 11.7. The average Bonchev–Trinajstić information content (AvgIpc) is 3.27. The summed E-state index contributed by atoms with van der Waals surface area (Å²) in [6, 6.07) is 10.3. The molecule has 0 aliphatic heterocycles. The second kappa shape index (κ2) is 43.1. The Balaban J connectivity index is 0.00000128. The Morgan fingerprint density at radius 1 is 0.343 bits per heavy atom. The summed E-state index contributed by atoms with van der Waals surface area (Å²) < 4.78 is 70.0. The molecule has 0 fully saturated rings. The molecule has 0 aliphatic rings. The molecule has 0 atom stereocenters. The normalized spacial score (nSPS) is 11.9. The van der Waals surface area contributed by atoms with Gasteiger partial charge in [-0.25, -0.2) is 16.8 Å². The summed E-state index contributed by atoms with van der Waals surface area (Å²) in [5, 5.41) is 0. The van der Waals surface area contributed by atoms with Gasteiger partial charge in [-0.2, -0.15) is 0 Å². The standard InChI is InChI=1S/2C29H52O3S.Ca/c2*1-4-5-6-7-8-9-10-11-12-13-14-15-16-17-18-19-20-21-23-28-27(26(2)3)24-22-25-29(28)33(30,31)32;/h2*22,24-26H,4-21,23H2,1-3H3,(H,30,31,32);/q;;+2/p-2. The minimum absolute atomic E-state index is 0. The van der Waals surface area contributed by atoms with E-state index < -0.39 is 20.2 Å². The zero-order valence-corrected chi connectivity index (χ0v) is 48.3. The molecule has 2 aromatic rings. The van der Waals surface area contributed by atoms with Gasteiger partial charge in [0.15, 0.2) is 0 Å². The molecular weight excluding hydrogens is 897 g/mol. The Bertz CT molecular complexity index is 1550. The molecule has 0 spiro atoms. The predicted octanol–water partition coefficient (Wildman–Crippen LogP) is 18.2. The first-order chi connectivity index (χ1) is 31.8. The van der Waals surface area contributed by atoms with Crippen LogP contribution in [0, 0.1) is 0 Å². The van der Waals surface area contributed by atoms with Gasteiger partial charge in [-0.1, -0.05) is 284 Å². The van der Waals surface area contributed by atoms with Gasteiger partial charge in [0.25, 0.3) is 0 Å². The van der Waals surface area contributed by atoms with Gasteiger partial charge in [-0.15, -0.1) is 0 Å². The number of hydrogen-bond donors (Lipinski definition) is 0. The van der Waals surface area contributed by atoms with Crippen LogP contribution >= 0.6 is 0 Å². The van der Waals surface area contributed by atoms with Crippen molar-refractivity contribution in [2.45, 2.75) is 307 Å². The molecule has 0 radical (unpaired) electrons. The Labute approximate surface area is 446 Å². The van der Waals surface area contributed by atoms with Crippen molar-refractivity contribution in [3.63, 3.8) is 0 Å². The van der Waals surface area contributed by atoms with Crippen molar-refractivity contribution in [1.82, 2.24) is 0 Å². The maximum absolute atomic E-state index is 11.7. The van der Waals surface area contributed by atoms with Gasteiger partial charge in [-0.3, -0.25) is 0 Å². The summed E-state index contributed by atoms with van der Waals surface area (Å²) in [6.07, 6.45) is 49.4. The number of unbranched alkanes of at least 4 members (excludes halogenated alkanes) is 34. The molecular formula is C58H102CaO6S2. The SMILES string of the molecule is CCCCCCCCCCCCCCCCCCCCc1c(C(C)C)cccc1S(=O)(=O)[O-].CCCCCCCCCCCCCCCCCCCCc1c(C(C)C)cccc1S(=O)(=O)[O-].[Ca+2]. The fourth-order valence-corrected chi connectivity index (χ4v) is 11.2. The fourth-order valence-electron chi connectivity index (χ4n) is 9.66. The largest absolute Gasteiger partial charge is 2.00 e. The molecule has 0 aromatic heterocycles. The van der Waals surface area contributed by atoms with Crippen molar-refractivity contribution >= 4 is 58.0 Å². The first-order valence-corrected chi connectivity index (χ1v) is 30.7. The molecule has 0 amide bonds. The van der Waals surface area contributed by atoms with E-state index in [1.807, 2.05) is 12.1 Å². The molecule has 6 nitrogen and oxygen atoms in total. The van der Waals surface area contributed by atoms with Crippen molar-refractivity contribution in [2.75, 3.05) is 0 Å². The van der Waals surface area contributed by atoms with Crippen molar-refractivity contribution in [3.05, 3.63) is 58.7 Å². The van der Waals surface area contributed by atoms with E-state index in [4.69, 9.17) is 0 Å². The van der Waals surface area contributed by atoms with Crippen molar-refractivity contribution in [2.24, 2.45) is 0 Å². The summed E-state index contributed by atoms with van der Waals surface area (Å²) >= 11 is 0. The summed E-state index contributed by atoms with van der Waals surface area (Å²) in [5.41, 5.74) is 3.50. The Kier molecular flexibility index (Phi) is 42.8. The molecule has 0 aliphatic carbocycles. The van der Waals surface area contributed by atoms with Crippen molar-refractivity contribution in [1.29, 1.82) is 0 Å². The van der Waals surface area contributed by atoms with E-state index in [0.29, 0.717) is 12.8 Å². The van der Waals surface area contributed by atoms with Gasteiger partial charge in [0, 0.05) is 0 Å². The van der Waals surface area contributed by atoms with Crippen LogP contribution in [0.3, 0.4) is 0 Å². The van der Waals surface area contributed by atoms with Crippen LogP contribution in [0.1, 0.15) is 307 Å². The molecule has 0 saturated heterocycles. The van der Waals surface area contributed by atoms with E-state index in [-0.39, 0.29) is 59.4 Å². The molecule has 0 heterocycles. The minimum atomic E-state index is -4.41. The first kappa shape index (κ1) is 66.5. The fraction of sp³-hybridized carbons (Fsp3) is 0.793. The molecule has 0 unspecified atom stereocenters. The summed E-state index contributed by atoms with van der Waals surface area (Å²) in [7, 11) is -8.83. The maximum Gasteiger partial charge on any atom is 2.00 e. The topological polar surface area (TPSA) is 114 Å². The van der Waals surface area contributed by atoms with E-state index in [0.717, 1.165) is 47.9 Å². The third-order valence-electron chi connectivity index (χ3n) is 13.7. The molecule has 2 rings (SSSR count). The zero-order chi connectivity index (χ0) is 48.7. The van der Waals surface area contributed by atoms with Gasteiger partial charge < -0.3 is 9.11 Å². The van der Waals surface area contributed by atoms with Crippen molar-refractivity contribution < 1.29 is 25.9 Å². The molecule has 384 valence electrons. The number of rotatable bonds is 42. The van der Waals surface area contributed by atoms with E-state index >= 15 is 0 Å². The number of hydrogen-bond acceptors (Lipinski definition) is 6. The average molecular weight is 1000 g/mol. The second-order valence-corrected chi connectivity index (χ2v) is 23.1. The van der Waals surface area contributed by atoms with Gasteiger partial charge in [0.1, 0.15) is 20.2 Å². The second-order valence-electron chi connectivity index (χ2n) is 20.4. The van der Waals surface area contributed by atoms with E-state index in [1.165, 1.54) is 218 Å². The Morgan fingerprint density at radius 3 is 0.716 bits per heavy atom. The molecule has 0 saturated carbocycles. The molecule has 9 heteroatoms. The van der Waals surface area contributed by atoms with Gasteiger partial charge in [0.05, 0.1) is 9.79 Å². The Morgan fingerprint density at radius 2 is 0.537 bits per heavy atom. The molecule has 67 heavy (non-hydrogen) atoms. The van der Waals surface area contributed by atoms with Crippen LogP contribution in [-0.4, -0.2) is 63.7 Å². The van der Waals surface area contributed by atoms with E-state index in [1.54, 1.807) is 12.1 Å². The van der Waals surface area contributed by atoms with Crippen LogP contribution in [0.2, 0.25) is 0 Å². The monoisotopic (exact) mass is 999 g/mol.